The molecule has 0 aromatic heterocycles. The zero-order chi connectivity index (χ0) is 24.6. The molecule has 1 saturated heterocycles. The number of nitrogens with zero attached hydrogens (tertiary/aromatic N) is 1. The molecule has 10 heteroatoms. The fourth-order valence-electron chi connectivity index (χ4n) is 3.70. The zero-order valence-corrected chi connectivity index (χ0v) is 20.3. The summed E-state index contributed by atoms with van der Waals surface area (Å²) in [6.07, 6.45) is 0.783. The van der Waals surface area contributed by atoms with Crippen molar-refractivity contribution in [3.05, 3.63) is 48.5 Å². The lowest BCUT2D eigenvalue weighted by atomic mass is 9.97. The van der Waals surface area contributed by atoms with Crippen LogP contribution in [0, 0.1) is 5.92 Å². The monoisotopic (exact) mass is 489 g/mol. The molecule has 0 spiro atoms. The minimum atomic E-state index is -3.64. The molecule has 0 radical (unpaired) electrons. The topological polar surface area (TPSA) is 114 Å². The number of ether oxygens (including phenoxy) is 2. The fraction of sp³-hybridized carbons (Fsp3) is 0.417. The van der Waals surface area contributed by atoms with Crippen LogP contribution in [0.1, 0.15) is 26.7 Å². The number of benzene rings is 2. The van der Waals surface area contributed by atoms with Gasteiger partial charge in [0, 0.05) is 24.7 Å². The molecule has 0 atom stereocenters. The molecule has 1 aliphatic rings. The number of anilines is 1. The Bertz CT molecular complexity index is 1060. The number of hydrogen-bond acceptors (Lipinski definition) is 6. The summed E-state index contributed by atoms with van der Waals surface area (Å²) >= 11 is 0. The van der Waals surface area contributed by atoms with E-state index in [1.165, 1.54) is 16.4 Å². The summed E-state index contributed by atoms with van der Waals surface area (Å²) in [5.41, 5.74) is 0.607. The summed E-state index contributed by atoms with van der Waals surface area (Å²) < 4.78 is 37.9. The maximum absolute atomic E-state index is 12.9. The van der Waals surface area contributed by atoms with Crippen LogP contribution in [0.15, 0.2) is 53.4 Å². The number of amides is 2. The van der Waals surface area contributed by atoms with Gasteiger partial charge in [-0.05, 0) is 75.2 Å². The van der Waals surface area contributed by atoms with E-state index in [1.54, 1.807) is 36.4 Å². The highest BCUT2D eigenvalue weighted by Gasteiger charge is 2.32. The van der Waals surface area contributed by atoms with Crippen molar-refractivity contribution in [1.29, 1.82) is 0 Å². The maximum Gasteiger partial charge on any atom is 0.243 e. The summed E-state index contributed by atoms with van der Waals surface area (Å²) in [5.74, 6) is 0.395. The van der Waals surface area contributed by atoms with Gasteiger partial charge in [-0.25, -0.2) is 8.42 Å². The Hall–Kier alpha value is -3.11. The standard InChI is InChI=1S/C24H31N3O6S/c1-3-32-20-7-5-19(6-8-20)26-23(28)17-25-24(29)18-13-15-27(16-14-18)34(30,31)22-11-9-21(10-12-22)33-4-2/h5-12,18H,3-4,13-17H2,1-2H3,(H,25,29)(H,26,28). The minimum Gasteiger partial charge on any atom is -0.494 e. The molecule has 2 N–H and O–H groups in total. The summed E-state index contributed by atoms with van der Waals surface area (Å²) in [5, 5.41) is 5.37. The van der Waals surface area contributed by atoms with Gasteiger partial charge in [0.1, 0.15) is 11.5 Å². The van der Waals surface area contributed by atoms with Crippen molar-refractivity contribution < 1.29 is 27.5 Å². The van der Waals surface area contributed by atoms with Gasteiger partial charge in [0.2, 0.25) is 21.8 Å². The molecular weight excluding hydrogens is 458 g/mol. The summed E-state index contributed by atoms with van der Waals surface area (Å²) in [7, 11) is -3.64. The van der Waals surface area contributed by atoms with Crippen LogP contribution in [0.2, 0.25) is 0 Å². The van der Waals surface area contributed by atoms with Crippen molar-refractivity contribution in [2.45, 2.75) is 31.6 Å². The first kappa shape index (κ1) is 25.5. The Kier molecular flexibility index (Phi) is 8.89. The van der Waals surface area contributed by atoms with E-state index >= 15 is 0 Å². The van der Waals surface area contributed by atoms with E-state index in [-0.39, 0.29) is 42.3 Å². The van der Waals surface area contributed by atoms with Crippen molar-refractivity contribution in [2.24, 2.45) is 5.92 Å². The van der Waals surface area contributed by atoms with Gasteiger partial charge in [-0.2, -0.15) is 4.31 Å². The number of carbonyl (C=O) groups excluding carboxylic acids is 2. The lowest BCUT2D eigenvalue weighted by molar-refractivity contribution is -0.128. The second-order valence-corrected chi connectivity index (χ2v) is 9.74. The van der Waals surface area contributed by atoms with E-state index in [0.717, 1.165) is 0 Å². The highest BCUT2D eigenvalue weighted by molar-refractivity contribution is 7.89. The number of rotatable bonds is 10. The van der Waals surface area contributed by atoms with Gasteiger partial charge in [-0.15, -0.1) is 0 Å². The highest BCUT2D eigenvalue weighted by Crippen LogP contribution is 2.25. The molecule has 3 rings (SSSR count). The van der Waals surface area contributed by atoms with Gasteiger partial charge in [0.25, 0.3) is 0 Å². The molecule has 1 aliphatic heterocycles. The van der Waals surface area contributed by atoms with E-state index in [1.807, 2.05) is 13.8 Å². The lowest BCUT2D eigenvalue weighted by Gasteiger charge is -2.30. The van der Waals surface area contributed by atoms with Crippen LogP contribution < -0.4 is 20.1 Å². The van der Waals surface area contributed by atoms with E-state index in [0.29, 0.717) is 43.2 Å². The average Bonchev–Trinajstić information content (AvgIpc) is 2.84. The molecule has 34 heavy (non-hydrogen) atoms. The van der Waals surface area contributed by atoms with Gasteiger partial charge >= 0.3 is 0 Å². The van der Waals surface area contributed by atoms with Crippen molar-refractivity contribution in [2.75, 3.05) is 38.2 Å². The predicted octanol–water partition coefficient (Wildman–Crippen LogP) is 2.64. The SMILES string of the molecule is CCOc1ccc(NC(=O)CNC(=O)C2CCN(S(=O)(=O)c3ccc(OCC)cc3)CC2)cc1. The number of sulfonamides is 1. The number of piperidine rings is 1. The van der Waals surface area contributed by atoms with Gasteiger partial charge in [0.15, 0.2) is 0 Å². The van der Waals surface area contributed by atoms with Crippen molar-refractivity contribution in [3.8, 4) is 11.5 Å². The van der Waals surface area contributed by atoms with Crippen LogP contribution in [0.25, 0.3) is 0 Å². The Labute approximate surface area is 200 Å². The Balaban J connectivity index is 1.45. The highest BCUT2D eigenvalue weighted by atomic mass is 32.2. The largest absolute Gasteiger partial charge is 0.494 e. The molecule has 0 unspecified atom stereocenters. The quantitative estimate of drug-likeness (QED) is 0.530. The van der Waals surface area contributed by atoms with E-state index in [9.17, 15) is 18.0 Å². The molecule has 2 amide bonds. The summed E-state index contributed by atoms with van der Waals surface area (Å²) in [6, 6.07) is 13.3. The van der Waals surface area contributed by atoms with Crippen LogP contribution >= 0.6 is 0 Å². The maximum atomic E-state index is 12.9. The molecule has 1 fully saturated rings. The van der Waals surface area contributed by atoms with E-state index in [2.05, 4.69) is 10.6 Å². The third kappa shape index (κ3) is 6.71. The Morgan fingerprint density at radius 3 is 1.97 bits per heavy atom. The first-order chi connectivity index (χ1) is 16.3. The Morgan fingerprint density at radius 1 is 0.912 bits per heavy atom. The van der Waals surface area contributed by atoms with Crippen molar-refractivity contribution in [1.82, 2.24) is 9.62 Å². The van der Waals surface area contributed by atoms with Crippen LogP contribution in [0.5, 0.6) is 11.5 Å². The third-order valence-corrected chi connectivity index (χ3v) is 7.38. The van der Waals surface area contributed by atoms with Crippen molar-refractivity contribution >= 4 is 27.5 Å². The molecule has 1 heterocycles. The summed E-state index contributed by atoms with van der Waals surface area (Å²) in [4.78, 5) is 24.9. The number of hydrogen-bond donors (Lipinski definition) is 2. The second-order valence-electron chi connectivity index (χ2n) is 7.81. The lowest BCUT2D eigenvalue weighted by Crippen LogP contribution is -2.44. The molecule has 9 nitrogen and oxygen atoms in total. The predicted molar refractivity (Wildman–Crippen MR) is 128 cm³/mol. The molecule has 184 valence electrons. The number of carbonyl (C=O) groups is 2. The first-order valence-corrected chi connectivity index (χ1v) is 12.8. The van der Waals surface area contributed by atoms with Crippen molar-refractivity contribution in [3.63, 3.8) is 0 Å². The van der Waals surface area contributed by atoms with Crippen LogP contribution in [0.4, 0.5) is 5.69 Å². The molecule has 2 aromatic rings. The minimum absolute atomic E-state index is 0.156. The fourth-order valence-corrected chi connectivity index (χ4v) is 5.17. The zero-order valence-electron chi connectivity index (χ0n) is 19.5. The third-order valence-electron chi connectivity index (χ3n) is 5.47. The smallest absolute Gasteiger partial charge is 0.243 e. The van der Waals surface area contributed by atoms with E-state index < -0.39 is 10.0 Å². The Morgan fingerprint density at radius 2 is 1.44 bits per heavy atom. The second kappa shape index (κ2) is 11.8. The molecular formula is C24H31N3O6S. The molecule has 0 bridgehead atoms. The number of nitrogens with one attached hydrogen (secondary N) is 2. The molecule has 0 aliphatic carbocycles. The van der Waals surface area contributed by atoms with Gasteiger partial charge in [0.05, 0.1) is 24.7 Å². The normalized spacial score (nSPS) is 14.9. The molecule has 0 saturated carbocycles. The molecule has 2 aromatic carbocycles. The first-order valence-electron chi connectivity index (χ1n) is 11.4. The average molecular weight is 490 g/mol. The van der Waals surface area contributed by atoms with Gasteiger partial charge < -0.3 is 20.1 Å². The van der Waals surface area contributed by atoms with Crippen LogP contribution in [-0.4, -0.2) is 57.4 Å². The van der Waals surface area contributed by atoms with Gasteiger partial charge in [-0.3, -0.25) is 9.59 Å². The summed E-state index contributed by atoms with van der Waals surface area (Å²) in [6.45, 7) is 5.14. The van der Waals surface area contributed by atoms with Crippen LogP contribution in [-0.2, 0) is 19.6 Å². The van der Waals surface area contributed by atoms with E-state index in [4.69, 9.17) is 9.47 Å². The van der Waals surface area contributed by atoms with Gasteiger partial charge in [-0.1, -0.05) is 0 Å². The van der Waals surface area contributed by atoms with Crippen LogP contribution in [0.3, 0.4) is 0 Å².